The molecule has 2 aromatic rings. The zero-order valence-electron chi connectivity index (χ0n) is 16.8. The Balaban J connectivity index is 2.07. The first-order valence-corrected chi connectivity index (χ1v) is 11.3. The standard InChI is InChI=1S/C22H26Cl2N2O2S/c1-15(2)25-22(28)16(3)26(12-17-8-10-19(23)11-9-17)21(27)14-29-13-18-6-4-5-7-20(18)24/h4-11,15-16H,12-14H2,1-3H3,(H,25,28)/t16-/m0/s1. The van der Waals surface area contributed by atoms with Crippen LogP contribution in [-0.2, 0) is 21.9 Å². The zero-order valence-corrected chi connectivity index (χ0v) is 19.2. The van der Waals surface area contributed by atoms with Crippen LogP contribution < -0.4 is 5.32 Å². The number of nitrogens with zero attached hydrogens (tertiary/aromatic N) is 1. The van der Waals surface area contributed by atoms with Gasteiger partial charge in [-0.25, -0.2) is 0 Å². The predicted octanol–water partition coefficient (Wildman–Crippen LogP) is 5.17. The molecule has 0 aliphatic rings. The Bertz CT molecular complexity index is 828. The Morgan fingerprint density at radius 1 is 1.03 bits per heavy atom. The quantitative estimate of drug-likeness (QED) is 0.570. The van der Waals surface area contributed by atoms with E-state index in [-0.39, 0.29) is 23.6 Å². The smallest absolute Gasteiger partial charge is 0.242 e. The van der Waals surface area contributed by atoms with E-state index < -0.39 is 6.04 Å². The summed E-state index contributed by atoms with van der Waals surface area (Å²) in [6.07, 6.45) is 0. The van der Waals surface area contributed by atoms with Gasteiger partial charge in [0, 0.05) is 28.4 Å². The van der Waals surface area contributed by atoms with Crippen molar-refractivity contribution in [3.05, 3.63) is 69.7 Å². The van der Waals surface area contributed by atoms with Gasteiger partial charge in [0.25, 0.3) is 0 Å². The normalized spacial score (nSPS) is 11.9. The lowest BCUT2D eigenvalue weighted by Gasteiger charge is -2.29. The minimum atomic E-state index is -0.582. The van der Waals surface area contributed by atoms with Crippen molar-refractivity contribution >= 4 is 46.8 Å². The fourth-order valence-electron chi connectivity index (χ4n) is 2.72. The van der Waals surface area contributed by atoms with E-state index in [1.54, 1.807) is 24.0 Å². The maximum atomic E-state index is 13.0. The van der Waals surface area contributed by atoms with Crippen molar-refractivity contribution in [3.8, 4) is 0 Å². The molecule has 7 heteroatoms. The summed E-state index contributed by atoms with van der Waals surface area (Å²) < 4.78 is 0. The molecule has 2 rings (SSSR count). The molecule has 156 valence electrons. The van der Waals surface area contributed by atoms with Gasteiger partial charge in [-0.15, -0.1) is 11.8 Å². The first-order chi connectivity index (χ1) is 13.8. The second-order valence-electron chi connectivity index (χ2n) is 7.07. The minimum absolute atomic E-state index is 0.00651. The monoisotopic (exact) mass is 452 g/mol. The first kappa shape index (κ1) is 23.6. The molecule has 0 unspecified atom stereocenters. The van der Waals surface area contributed by atoms with Crippen LogP contribution in [0.15, 0.2) is 48.5 Å². The summed E-state index contributed by atoms with van der Waals surface area (Å²) in [6, 6.07) is 14.3. The lowest BCUT2D eigenvalue weighted by atomic mass is 10.1. The summed E-state index contributed by atoms with van der Waals surface area (Å²) in [5.74, 6) is 0.632. The number of amides is 2. The maximum absolute atomic E-state index is 13.0. The topological polar surface area (TPSA) is 49.4 Å². The highest BCUT2D eigenvalue weighted by atomic mass is 35.5. The Morgan fingerprint density at radius 2 is 1.69 bits per heavy atom. The summed E-state index contributed by atoms with van der Waals surface area (Å²) in [5, 5.41) is 4.21. The van der Waals surface area contributed by atoms with Gasteiger partial charge in [0.1, 0.15) is 6.04 Å². The Kier molecular flexibility index (Phi) is 9.34. The average Bonchev–Trinajstić information content (AvgIpc) is 2.68. The molecular weight excluding hydrogens is 427 g/mol. The second kappa shape index (κ2) is 11.5. The van der Waals surface area contributed by atoms with Crippen molar-refractivity contribution in [2.24, 2.45) is 0 Å². The largest absolute Gasteiger partial charge is 0.352 e. The van der Waals surface area contributed by atoms with E-state index in [2.05, 4.69) is 5.32 Å². The molecule has 0 radical (unpaired) electrons. The molecule has 4 nitrogen and oxygen atoms in total. The van der Waals surface area contributed by atoms with Crippen LogP contribution in [0.1, 0.15) is 31.9 Å². The van der Waals surface area contributed by atoms with Crippen molar-refractivity contribution in [2.45, 2.75) is 45.2 Å². The van der Waals surface area contributed by atoms with E-state index in [0.29, 0.717) is 22.3 Å². The number of carbonyl (C=O) groups is 2. The van der Waals surface area contributed by atoms with Crippen molar-refractivity contribution < 1.29 is 9.59 Å². The number of carbonyl (C=O) groups excluding carboxylic acids is 2. The highest BCUT2D eigenvalue weighted by molar-refractivity contribution is 7.99. The number of rotatable bonds is 9. The molecule has 2 amide bonds. The lowest BCUT2D eigenvalue weighted by Crippen LogP contribution is -2.49. The van der Waals surface area contributed by atoms with Crippen LogP contribution >= 0.6 is 35.0 Å². The molecule has 1 atom stereocenters. The van der Waals surface area contributed by atoms with Gasteiger partial charge in [-0.3, -0.25) is 9.59 Å². The van der Waals surface area contributed by atoms with E-state index in [0.717, 1.165) is 11.1 Å². The summed E-state index contributed by atoms with van der Waals surface area (Å²) in [4.78, 5) is 27.1. The van der Waals surface area contributed by atoms with Gasteiger partial charge in [0.05, 0.1) is 5.75 Å². The fourth-order valence-corrected chi connectivity index (χ4v) is 4.04. The van der Waals surface area contributed by atoms with Crippen molar-refractivity contribution in [1.29, 1.82) is 0 Å². The van der Waals surface area contributed by atoms with Gasteiger partial charge < -0.3 is 10.2 Å². The predicted molar refractivity (Wildman–Crippen MR) is 122 cm³/mol. The molecule has 0 saturated heterocycles. The summed E-state index contributed by atoms with van der Waals surface area (Å²) >= 11 is 13.6. The third-order valence-electron chi connectivity index (χ3n) is 4.31. The Morgan fingerprint density at radius 3 is 2.31 bits per heavy atom. The molecule has 2 aromatic carbocycles. The van der Waals surface area contributed by atoms with Crippen LogP contribution in [0.25, 0.3) is 0 Å². The molecule has 0 aliphatic carbocycles. The van der Waals surface area contributed by atoms with Crippen LogP contribution in [0.2, 0.25) is 10.0 Å². The number of hydrogen-bond donors (Lipinski definition) is 1. The molecule has 0 fully saturated rings. The van der Waals surface area contributed by atoms with Gasteiger partial charge in [-0.2, -0.15) is 0 Å². The summed E-state index contributed by atoms with van der Waals surface area (Å²) in [5.41, 5.74) is 1.91. The first-order valence-electron chi connectivity index (χ1n) is 9.43. The summed E-state index contributed by atoms with van der Waals surface area (Å²) in [6.45, 7) is 5.89. The van der Waals surface area contributed by atoms with Gasteiger partial charge in [0.15, 0.2) is 0 Å². The Labute approximate surface area is 187 Å². The van der Waals surface area contributed by atoms with Gasteiger partial charge in [0.2, 0.25) is 11.8 Å². The van der Waals surface area contributed by atoms with Gasteiger partial charge in [-0.05, 0) is 50.1 Å². The molecule has 0 spiro atoms. The highest BCUT2D eigenvalue weighted by Crippen LogP contribution is 2.22. The number of nitrogens with one attached hydrogen (secondary N) is 1. The highest BCUT2D eigenvalue weighted by Gasteiger charge is 2.26. The second-order valence-corrected chi connectivity index (χ2v) is 8.90. The van der Waals surface area contributed by atoms with E-state index >= 15 is 0 Å². The number of halogens is 2. The molecule has 29 heavy (non-hydrogen) atoms. The molecule has 0 saturated carbocycles. The third kappa shape index (κ3) is 7.57. The van der Waals surface area contributed by atoms with Crippen molar-refractivity contribution in [1.82, 2.24) is 10.2 Å². The van der Waals surface area contributed by atoms with Crippen LogP contribution in [0.5, 0.6) is 0 Å². The van der Waals surface area contributed by atoms with E-state index in [4.69, 9.17) is 23.2 Å². The Hall–Kier alpha value is -1.69. The average molecular weight is 453 g/mol. The lowest BCUT2D eigenvalue weighted by molar-refractivity contribution is -0.138. The fraction of sp³-hybridized carbons (Fsp3) is 0.364. The van der Waals surface area contributed by atoms with Gasteiger partial charge >= 0.3 is 0 Å². The van der Waals surface area contributed by atoms with E-state index in [1.165, 1.54) is 11.8 Å². The maximum Gasteiger partial charge on any atom is 0.242 e. The van der Waals surface area contributed by atoms with Crippen LogP contribution in [-0.4, -0.2) is 34.6 Å². The van der Waals surface area contributed by atoms with E-state index in [1.807, 2.05) is 50.2 Å². The molecular formula is C22H26Cl2N2O2S. The van der Waals surface area contributed by atoms with Crippen LogP contribution in [0.4, 0.5) is 0 Å². The number of benzene rings is 2. The molecule has 0 aliphatic heterocycles. The van der Waals surface area contributed by atoms with Crippen molar-refractivity contribution in [2.75, 3.05) is 5.75 Å². The summed E-state index contributed by atoms with van der Waals surface area (Å²) in [7, 11) is 0. The van der Waals surface area contributed by atoms with E-state index in [9.17, 15) is 9.59 Å². The van der Waals surface area contributed by atoms with Crippen LogP contribution in [0.3, 0.4) is 0 Å². The molecule has 0 aromatic heterocycles. The molecule has 0 heterocycles. The van der Waals surface area contributed by atoms with Crippen LogP contribution in [0, 0.1) is 0 Å². The van der Waals surface area contributed by atoms with Crippen molar-refractivity contribution in [3.63, 3.8) is 0 Å². The SMILES string of the molecule is CC(C)NC(=O)[C@H](C)N(Cc1ccc(Cl)cc1)C(=O)CSCc1ccccc1Cl. The molecule has 1 N–H and O–H groups in total. The number of hydrogen-bond acceptors (Lipinski definition) is 3. The third-order valence-corrected chi connectivity index (χ3v) is 5.89. The van der Waals surface area contributed by atoms with Gasteiger partial charge in [-0.1, -0.05) is 53.5 Å². The molecule has 0 bridgehead atoms. The minimum Gasteiger partial charge on any atom is -0.352 e. The number of thioether (sulfide) groups is 1. The zero-order chi connectivity index (χ0) is 21.4.